The fourth-order valence-corrected chi connectivity index (χ4v) is 8.50. The molecule has 0 aromatic carbocycles. The second-order valence-electron chi connectivity index (χ2n) is 5.84. The average Bonchev–Trinajstić information content (AvgIpc) is 2.62. The van der Waals surface area contributed by atoms with Gasteiger partial charge in [-0.1, -0.05) is 0 Å². The number of hydrogen-bond acceptors (Lipinski definition) is 4. The molecule has 1 saturated heterocycles. The van der Waals surface area contributed by atoms with Crippen LogP contribution in [0.25, 0.3) is 0 Å². The molecule has 0 saturated carbocycles. The van der Waals surface area contributed by atoms with E-state index in [-0.39, 0.29) is 5.92 Å². The molecule has 1 amide bonds. The van der Waals surface area contributed by atoms with Crippen LogP contribution in [0.1, 0.15) is 25.7 Å². The first-order chi connectivity index (χ1) is 9.95. The van der Waals surface area contributed by atoms with Crippen LogP contribution >= 0.6 is 11.6 Å². The fraction of sp³-hybridized carbons (Fsp3) is 0.643. The summed E-state index contributed by atoms with van der Waals surface area (Å²) >= 11 is 1.00. The Bertz CT molecular complexity index is 627. The number of carbonyl (C=O) groups excluding carboxylic acids is 1. The molecule has 0 bridgehead atoms. The normalized spacial score (nSPS) is 38.2. The first kappa shape index (κ1) is 15.2. The van der Waals surface area contributed by atoms with Gasteiger partial charge in [-0.05, 0) is 0 Å². The number of allylic oxidation sites excluding steroid dienone is 1. The van der Waals surface area contributed by atoms with E-state index in [1.165, 1.54) is 4.97 Å². The molecule has 1 aliphatic carbocycles. The zero-order valence-corrected chi connectivity index (χ0v) is 13.9. The predicted molar refractivity (Wildman–Crippen MR) is 77.7 cm³/mol. The first-order valence-corrected chi connectivity index (χ1v) is 10.9. The van der Waals surface area contributed by atoms with E-state index in [4.69, 9.17) is 11.6 Å². The zero-order valence-electron chi connectivity index (χ0n) is 11.5. The third-order valence-electron chi connectivity index (χ3n) is 4.73. The number of hydrogen-bond donors (Lipinski definition) is 2. The third-order valence-corrected chi connectivity index (χ3v) is 9.57. The number of halogens is 1. The molecule has 0 aromatic heterocycles. The molecular formula is C14H18ClNO4Se. The molecule has 7 heteroatoms. The van der Waals surface area contributed by atoms with Gasteiger partial charge >= 0.3 is 130 Å². The summed E-state index contributed by atoms with van der Waals surface area (Å²) in [6, 6.07) is -0.607. The van der Waals surface area contributed by atoms with Gasteiger partial charge in [0.25, 0.3) is 0 Å². The van der Waals surface area contributed by atoms with Crippen molar-refractivity contribution in [2.24, 2.45) is 5.92 Å². The van der Waals surface area contributed by atoms with E-state index in [1.807, 2.05) is 12.2 Å². The van der Waals surface area contributed by atoms with E-state index in [2.05, 4.69) is 5.32 Å². The summed E-state index contributed by atoms with van der Waals surface area (Å²) in [5, 5.41) is 13.4. The van der Waals surface area contributed by atoms with Gasteiger partial charge in [-0.2, -0.15) is 0 Å². The zero-order chi connectivity index (χ0) is 15.3. The molecule has 5 nitrogen and oxygen atoms in total. The molecule has 2 heterocycles. The topological polar surface area (TPSA) is 83.5 Å². The SMILES string of the molecule is O=C1N[C@H]2C(CCCl)=C[Se](=O)(=O)[C@@]12[C@@H](O)[C@@H]1C=CCCC1. The minimum absolute atomic E-state index is 0.282. The maximum absolute atomic E-state index is 12.6. The van der Waals surface area contributed by atoms with Gasteiger partial charge in [0.2, 0.25) is 0 Å². The molecule has 1 fully saturated rings. The number of carbonyl (C=O) groups is 1. The quantitative estimate of drug-likeness (QED) is 0.335. The number of nitrogens with one attached hydrogen (secondary N) is 1. The van der Waals surface area contributed by atoms with E-state index >= 15 is 0 Å². The van der Waals surface area contributed by atoms with Gasteiger partial charge in [0.15, 0.2) is 0 Å². The van der Waals surface area contributed by atoms with Crippen molar-refractivity contribution in [1.29, 1.82) is 0 Å². The van der Waals surface area contributed by atoms with Crippen LogP contribution < -0.4 is 5.32 Å². The van der Waals surface area contributed by atoms with Crippen LogP contribution in [0.5, 0.6) is 0 Å². The molecule has 0 aromatic rings. The van der Waals surface area contributed by atoms with Crippen molar-refractivity contribution >= 4 is 30.2 Å². The van der Waals surface area contributed by atoms with E-state index in [1.54, 1.807) is 0 Å². The molecule has 3 rings (SSSR count). The Kier molecular flexibility index (Phi) is 3.77. The molecule has 4 atom stereocenters. The number of rotatable bonds is 4. The Balaban J connectivity index is 2.00. The minimum atomic E-state index is -4.70. The molecule has 0 radical (unpaired) electrons. The molecular weight excluding hydrogens is 361 g/mol. The molecule has 2 N–H and O–H groups in total. The molecule has 3 aliphatic rings. The van der Waals surface area contributed by atoms with Gasteiger partial charge in [0.1, 0.15) is 0 Å². The van der Waals surface area contributed by atoms with E-state index in [9.17, 15) is 17.6 Å². The number of aliphatic hydroxyl groups is 1. The van der Waals surface area contributed by atoms with Gasteiger partial charge in [0, 0.05) is 0 Å². The van der Waals surface area contributed by atoms with Crippen molar-refractivity contribution in [1.82, 2.24) is 5.32 Å². The third kappa shape index (κ3) is 1.96. The van der Waals surface area contributed by atoms with E-state index in [0.717, 1.165) is 12.8 Å². The molecule has 21 heavy (non-hydrogen) atoms. The van der Waals surface area contributed by atoms with Gasteiger partial charge in [0.05, 0.1) is 0 Å². The monoisotopic (exact) mass is 379 g/mol. The Morgan fingerprint density at radius 1 is 1.52 bits per heavy atom. The van der Waals surface area contributed by atoms with Crippen molar-refractivity contribution in [2.45, 2.75) is 42.1 Å². The summed E-state index contributed by atoms with van der Waals surface area (Å²) < 4.78 is 23.6. The Morgan fingerprint density at radius 2 is 2.29 bits per heavy atom. The second kappa shape index (κ2) is 5.20. The van der Waals surface area contributed by atoms with Crippen molar-refractivity contribution in [2.75, 3.05) is 5.88 Å². The summed E-state index contributed by atoms with van der Waals surface area (Å²) in [5.41, 5.74) is 0.619. The summed E-state index contributed by atoms with van der Waals surface area (Å²) in [4.78, 5) is 13.4. The van der Waals surface area contributed by atoms with Gasteiger partial charge in [-0.3, -0.25) is 0 Å². The fourth-order valence-electron chi connectivity index (χ4n) is 3.64. The number of aliphatic hydroxyl groups excluding tert-OH is 1. The van der Waals surface area contributed by atoms with Gasteiger partial charge in [-0.25, -0.2) is 0 Å². The van der Waals surface area contributed by atoms with Gasteiger partial charge in [-0.15, -0.1) is 0 Å². The van der Waals surface area contributed by atoms with Crippen LogP contribution in [0.2, 0.25) is 4.31 Å². The van der Waals surface area contributed by atoms with E-state index in [0.29, 0.717) is 24.3 Å². The van der Waals surface area contributed by atoms with Crippen LogP contribution in [-0.4, -0.2) is 41.7 Å². The van der Waals surface area contributed by atoms with Gasteiger partial charge < -0.3 is 0 Å². The summed E-state index contributed by atoms with van der Waals surface area (Å²) in [6.07, 6.45) is 5.55. The van der Waals surface area contributed by atoms with E-state index < -0.39 is 35.1 Å². The molecule has 116 valence electrons. The Morgan fingerprint density at radius 3 is 2.86 bits per heavy atom. The molecule has 2 aliphatic heterocycles. The van der Waals surface area contributed by atoms with Crippen molar-refractivity contribution in [3.05, 3.63) is 22.7 Å². The molecule has 0 spiro atoms. The first-order valence-electron chi connectivity index (χ1n) is 7.12. The van der Waals surface area contributed by atoms with Crippen LogP contribution in [-0.2, 0) is 12.5 Å². The maximum atomic E-state index is 12.6. The predicted octanol–water partition coefficient (Wildman–Crippen LogP) is 1.35. The van der Waals surface area contributed by atoms with Crippen LogP contribution in [0.15, 0.2) is 22.7 Å². The van der Waals surface area contributed by atoms with Crippen LogP contribution in [0.3, 0.4) is 0 Å². The summed E-state index contributed by atoms with van der Waals surface area (Å²) in [6.45, 7) is 0. The number of fused-ring (bicyclic) bond motifs is 1. The Hall–Kier alpha value is -0.681. The number of amides is 1. The van der Waals surface area contributed by atoms with Crippen LogP contribution in [0.4, 0.5) is 0 Å². The van der Waals surface area contributed by atoms with Crippen LogP contribution in [0, 0.1) is 5.92 Å². The molecule has 0 unspecified atom stereocenters. The van der Waals surface area contributed by atoms with Crippen molar-refractivity contribution in [3.63, 3.8) is 0 Å². The number of alkyl halides is 1. The standard InChI is InChI=1S/C14H18ClNO4Se/c15-7-6-10-8-21(19,20)14(11(10)16-13(14)18)12(17)9-4-2-1-3-5-9/h2,4,8-9,11-12,17H,1,3,5-7H2,(H,16,18)/t9-,11+,12+,14+/m1/s1. The van der Waals surface area contributed by atoms with Crippen molar-refractivity contribution in [3.8, 4) is 0 Å². The summed E-state index contributed by atoms with van der Waals surface area (Å²) in [7, 11) is 0. The Labute approximate surface area is 130 Å². The number of β-lactam (4-membered cyclic amide) rings is 1. The summed E-state index contributed by atoms with van der Waals surface area (Å²) in [5.74, 6) is -0.554. The average molecular weight is 379 g/mol. The second-order valence-corrected chi connectivity index (χ2v) is 10.4. The van der Waals surface area contributed by atoms with Crippen molar-refractivity contribution < 1.29 is 17.6 Å².